The van der Waals surface area contributed by atoms with Gasteiger partial charge in [0.15, 0.2) is 0 Å². The summed E-state index contributed by atoms with van der Waals surface area (Å²) in [6.45, 7) is 5.57. The van der Waals surface area contributed by atoms with E-state index in [1.54, 1.807) is 13.3 Å². The van der Waals surface area contributed by atoms with Gasteiger partial charge in [-0.05, 0) is 28.3 Å². The Morgan fingerprint density at radius 2 is 2.21 bits per heavy atom. The average Bonchev–Trinajstić information content (AvgIpc) is 2.78. The van der Waals surface area contributed by atoms with Crippen molar-refractivity contribution in [2.75, 3.05) is 13.7 Å². The van der Waals surface area contributed by atoms with Gasteiger partial charge in [-0.2, -0.15) is 5.10 Å². The van der Waals surface area contributed by atoms with Gasteiger partial charge in [-0.25, -0.2) is 0 Å². The maximum atomic E-state index is 10.6. The Hall–Kier alpha value is -0.390. The van der Waals surface area contributed by atoms with Gasteiger partial charge in [0, 0.05) is 7.11 Å². The summed E-state index contributed by atoms with van der Waals surface area (Å²) >= 11 is 3.49. The molecule has 0 aromatic carbocycles. The lowest BCUT2D eigenvalue weighted by molar-refractivity contribution is 0.0867. The maximum absolute atomic E-state index is 10.6. The molecule has 0 aliphatic rings. The third kappa shape index (κ3) is 4.58. The van der Waals surface area contributed by atoms with E-state index in [2.05, 4.69) is 34.9 Å². The van der Waals surface area contributed by atoms with Crippen LogP contribution in [0, 0.1) is 5.92 Å². The van der Waals surface area contributed by atoms with E-state index in [1.807, 2.05) is 4.68 Å². The summed E-state index contributed by atoms with van der Waals surface area (Å²) in [6, 6.07) is 0. The third-order valence-electron chi connectivity index (χ3n) is 3.52. The molecule has 0 fully saturated rings. The molecule has 0 aliphatic heterocycles. The first-order valence-electron chi connectivity index (χ1n) is 7.03. The predicted molar refractivity (Wildman–Crippen MR) is 80.1 cm³/mol. The second-order valence-electron chi connectivity index (χ2n) is 4.85. The molecule has 0 bridgehead atoms. The number of ether oxygens (including phenoxy) is 1. The molecule has 0 aliphatic carbocycles. The standard InChI is InChI=1S/C14H25BrN2O2/c1-4-6-7-11(5-2)14(18)13-12(15)10-16-17(13)8-9-19-3/h10-11,14,18H,4-9H2,1-3H3. The highest BCUT2D eigenvalue weighted by Gasteiger charge is 2.24. The number of hydrogen-bond donors (Lipinski definition) is 1. The molecular formula is C14H25BrN2O2. The summed E-state index contributed by atoms with van der Waals surface area (Å²) in [4.78, 5) is 0. The van der Waals surface area contributed by atoms with E-state index < -0.39 is 6.10 Å². The molecule has 0 saturated heterocycles. The molecule has 2 unspecified atom stereocenters. The van der Waals surface area contributed by atoms with Gasteiger partial charge < -0.3 is 9.84 Å². The summed E-state index contributed by atoms with van der Waals surface area (Å²) in [5.41, 5.74) is 0.875. The zero-order chi connectivity index (χ0) is 14.3. The largest absolute Gasteiger partial charge is 0.386 e. The van der Waals surface area contributed by atoms with E-state index in [-0.39, 0.29) is 5.92 Å². The van der Waals surface area contributed by atoms with E-state index in [0.717, 1.165) is 35.8 Å². The van der Waals surface area contributed by atoms with Crippen LogP contribution in [0.25, 0.3) is 0 Å². The van der Waals surface area contributed by atoms with Gasteiger partial charge >= 0.3 is 0 Å². The minimum atomic E-state index is -0.467. The van der Waals surface area contributed by atoms with Crippen molar-refractivity contribution in [1.82, 2.24) is 9.78 Å². The zero-order valence-corrected chi connectivity index (χ0v) is 13.7. The van der Waals surface area contributed by atoms with Gasteiger partial charge in [0.25, 0.3) is 0 Å². The van der Waals surface area contributed by atoms with Crippen LogP contribution in [0.15, 0.2) is 10.7 Å². The third-order valence-corrected chi connectivity index (χ3v) is 4.13. The number of aromatic nitrogens is 2. The molecule has 1 rings (SSSR count). The van der Waals surface area contributed by atoms with Crippen molar-refractivity contribution >= 4 is 15.9 Å². The second-order valence-corrected chi connectivity index (χ2v) is 5.70. The van der Waals surface area contributed by atoms with Crippen LogP contribution in [0.1, 0.15) is 51.3 Å². The monoisotopic (exact) mass is 332 g/mol. The quantitative estimate of drug-likeness (QED) is 0.752. The zero-order valence-electron chi connectivity index (χ0n) is 12.1. The van der Waals surface area contributed by atoms with E-state index in [1.165, 1.54) is 0 Å². The molecule has 2 atom stereocenters. The predicted octanol–water partition coefficient (Wildman–Crippen LogP) is 3.54. The number of nitrogens with zero attached hydrogens (tertiary/aromatic N) is 2. The Labute approximate surface area is 124 Å². The molecule has 0 saturated carbocycles. The number of aliphatic hydroxyl groups is 1. The Bertz CT molecular complexity index is 368. The number of unbranched alkanes of at least 4 members (excludes halogenated alkanes) is 1. The Morgan fingerprint density at radius 1 is 1.47 bits per heavy atom. The van der Waals surface area contributed by atoms with Gasteiger partial charge in [-0.1, -0.05) is 33.1 Å². The first-order valence-corrected chi connectivity index (χ1v) is 7.83. The van der Waals surface area contributed by atoms with Crippen molar-refractivity contribution in [3.8, 4) is 0 Å². The topological polar surface area (TPSA) is 47.3 Å². The van der Waals surface area contributed by atoms with Gasteiger partial charge in [0.1, 0.15) is 0 Å². The van der Waals surface area contributed by atoms with Crippen molar-refractivity contribution < 1.29 is 9.84 Å². The summed E-state index contributed by atoms with van der Waals surface area (Å²) in [6.07, 6.45) is 5.62. The lowest BCUT2D eigenvalue weighted by Gasteiger charge is -2.23. The van der Waals surface area contributed by atoms with Crippen LogP contribution in [0.2, 0.25) is 0 Å². The summed E-state index contributed by atoms with van der Waals surface area (Å²) in [5.74, 6) is 0.286. The molecule has 1 aromatic rings. The smallest absolute Gasteiger partial charge is 0.0996 e. The van der Waals surface area contributed by atoms with Crippen LogP contribution in [-0.4, -0.2) is 28.6 Å². The van der Waals surface area contributed by atoms with Crippen LogP contribution in [0.5, 0.6) is 0 Å². The number of halogens is 1. The number of methoxy groups -OCH3 is 1. The molecule has 1 N–H and O–H groups in total. The number of hydrogen-bond acceptors (Lipinski definition) is 3. The SMILES string of the molecule is CCCCC(CC)C(O)c1c(Br)cnn1CCOC. The molecule has 5 heteroatoms. The summed E-state index contributed by atoms with van der Waals surface area (Å²) in [5, 5.41) is 14.9. The lowest BCUT2D eigenvalue weighted by Crippen LogP contribution is -2.19. The van der Waals surface area contributed by atoms with Gasteiger partial charge in [-0.15, -0.1) is 0 Å². The highest BCUT2D eigenvalue weighted by atomic mass is 79.9. The molecular weight excluding hydrogens is 308 g/mol. The average molecular weight is 333 g/mol. The Balaban J connectivity index is 2.83. The maximum Gasteiger partial charge on any atom is 0.0996 e. The van der Waals surface area contributed by atoms with Gasteiger partial charge in [0.2, 0.25) is 0 Å². The van der Waals surface area contributed by atoms with Crippen molar-refractivity contribution in [1.29, 1.82) is 0 Å². The molecule has 1 aromatic heterocycles. The molecule has 0 spiro atoms. The molecule has 0 radical (unpaired) electrons. The van der Waals surface area contributed by atoms with E-state index in [9.17, 15) is 5.11 Å². The first kappa shape index (κ1) is 16.7. The van der Waals surface area contributed by atoms with E-state index in [4.69, 9.17) is 4.74 Å². The number of aliphatic hydroxyl groups excluding tert-OH is 1. The van der Waals surface area contributed by atoms with Crippen molar-refractivity contribution in [2.24, 2.45) is 5.92 Å². The molecule has 110 valence electrons. The summed E-state index contributed by atoms with van der Waals surface area (Å²) < 4.78 is 7.80. The Morgan fingerprint density at radius 3 is 2.79 bits per heavy atom. The second kappa shape index (κ2) is 8.72. The fraction of sp³-hybridized carbons (Fsp3) is 0.786. The van der Waals surface area contributed by atoms with Crippen LogP contribution in [-0.2, 0) is 11.3 Å². The van der Waals surface area contributed by atoms with Crippen LogP contribution >= 0.6 is 15.9 Å². The minimum Gasteiger partial charge on any atom is -0.386 e. The summed E-state index contributed by atoms with van der Waals surface area (Å²) in [7, 11) is 1.67. The lowest BCUT2D eigenvalue weighted by atomic mass is 9.91. The highest BCUT2D eigenvalue weighted by Crippen LogP contribution is 2.33. The highest BCUT2D eigenvalue weighted by molar-refractivity contribution is 9.10. The van der Waals surface area contributed by atoms with Crippen molar-refractivity contribution in [3.05, 3.63) is 16.4 Å². The van der Waals surface area contributed by atoms with Gasteiger partial charge in [0.05, 0.1) is 35.6 Å². The van der Waals surface area contributed by atoms with Crippen LogP contribution in [0.4, 0.5) is 0 Å². The normalized spacial score (nSPS) is 14.6. The molecule has 4 nitrogen and oxygen atoms in total. The van der Waals surface area contributed by atoms with E-state index in [0.29, 0.717) is 13.2 Å². The first-order chi connectivity index (χ1) is 9.15. The molecule has 0 amide bonds. The van der Waals surface area contributed by atoms with Gasteiger partial charge in [-0.3, -0.25) is 4.68 Å². The molecule has 19 heavy (non-hydrogen) atoms. The fourth-order valence-electron chi connectivity index (χ4n) is 2.30. The minimum absolute atomic E-state index is 0.286. The van der Waals surface area contributed by atoms with Crippen molar-refractivity contribution in [3.63, 3.8) is 0 Å². The fourth-order valence-corrected chi connectivity index (χ4v) is 2.83. The van der Waals surface area contributed by atoms with Crippen molar-refractivity contribution in [2.45, 2.75) is 52.2 Å². The van der Waals surface area contributed by atoms with Crippen LogP contribution in [0.3, 0.4) is 0 Å². The van der Waals surface area contributed by atoms with Crippen LogP contribution < -0.4 is 0 Å². The van der Waals surface area contributed by atoms with E-state index >= 15 is 0 Å². The molecule has 1 heterocycles. The Kier molecular flexibility index (Phi) is 7.64. The number of rotatable bonds is 9.